The van der Waals surface area contributed by atoms with Crippen LogP contribution in [0.1, 0.15) is 37.7 Å². The average molecular weight is 359 g/mol. The lowest BCUT2D eigenvalue weighted by molar-refractivity contribution is -0.142. The Bertz CT molecular complexity index is 631. The predicted octanol–water partition coefficient (Wildman–Crippen LogP) is 2.64. The van der Waals surface area contributed by atoms with Crippen LogP contribution in [0.5, 0.6) is 0 Å². The summed E-state index contributed by atoms with van der Waals surface area (Å²) < 4.78 is 13.4. The van der Waals surface area contributed by atoms with Crippen molar-refractivity contribution in [3.8, 4) is 0 Å². The smallest absolute Gasteiger partial charge is 0.222 e. The van der Waals surface area contributed by atoms with Crippen molar-refractivity contribution in [3.05, 3.63) is 35.6 Å². The Kier molecular flexibility index (Phi) is 5.55. The number of likely N-dealkylation sites (tertiary alicyclic amines) is 2. The minimum atomic E-state index is -0.159. The van der Waals surface area contributed by atoms with Crippen LogP contribution in [0, 0.1) is 17.7 Å². The molecule has 26 heavy (non-hydrogen) atoms. The summed E-state index contributed by atoms with van der Waals surface area (Å²) >= 11 is 0. The van der Waals surface area contributed by atoms with E-state index in [1.165, 1.54) is 18.9 Å². The first kappa shape index (κ1) is 17.9. The Balaban J connectivity index is 1.37. The maximum absolute atomic E-state index is 13.4. The highest BCUT2D eigenvalue weighted by molar-refractivity contribution is 5.77. The number of nitrogens with zero attached hydrogens (tertiary/aromatic N) is 2. The van der Waals surface area contributed by atoms with Crippen LogP contribution in [0.2, 0.25) is 0 Å². The van der Waals surface area contributed by atoms with Crippen LogP contribution < -0.4 is 5.32 Å². The summed E-state index contributed by atoms with van der Waals surface area (Å²) in [4.78, 5) is 17.3. The van der Waals surface area contributed by atoms with Crippen LogP contribution in [0.3, 0.4) is 0 Å². The molecule has 3 heterocycles. The molecule has 0 bridgehead atoms. The van der Waals surface area contributed by atoms with Crippen molar-refractivity contribution in [1.29, 1.82) is 0 Å². The normalized spacial score (nSPS) is 28.2. The number of benzene rings is 1. The highest BCUT2D eigenvalue weighted by atomic mass is 19.1. The lowest BCUT2D eigenvalue weighted by Gasteiger charge is -2.48. The molecule has 4 nitrogen and oxygen atoms in total. The number of piperidine rings is 3. The van der Waals surface area contributed by atoms with Gasteiger partial charge in [0.1, 0.15) is 5.82 Å². The Morgan fingerprint density at radius 3 is 2.81 bits per heavy atom. The van der Waals surface area contributed by atoms with Crippen LogP contribution >= 0.6 is 0 Å². The van der Waals surface area contributed by atoms with E-state index in [0.29, 0.717) is 30.2 Å². The maximum Gasteiger partial charge on any atom is 0.222 e. The minimum Gasteiger partial charge on any atom is -0.339 e. The van der Waals surface area contributed by atoms with E-state index >= 15 is 0 Å². The van der Waals surface area contributed by atoms with E-state index in [9.17, 15) is 9.18 Å². The van der Waals surface area contributed by atoms with Crippen molar-refractivity contribution in [1.82, 2.24) is 15.1 Å². The van der Waals surface area contributed by atoms with Crippen molar-refractivity contribution < 1.29 is 9.18 Å². The first-order valence-corrected chi connectivity index (χ1v) is 10.2. The van der Waals surface area contributed by atoms with Gasteiger partial charge in [0.25, 0.3) is 0 Å². The van der Waals surface area contributed by atoms with E-state index < -0.39 is 0 Å². The van der Waals surface area contributed by atoms with Gasteiger partial charge in [-0.25, -0.2) is 4.39 Å². The molecule has 4 rings (SSSR count). The molecule has 142 valence electrons. The van der Waals surface area contributed by atoms with Gasteiger partial charge in [-0.15, -0.1) is 0 Å². The predicted molar refractivity (Wildman–Crippen MR) is 100 cm³/mol. The summed E-state index contributed by atoms with van der Waals surface area (Å²) in [6.45, 7) is 5.95. The number of hydrogen-bond acceptors (Lipinski definition) is 3. The maximum atomic E-state index is 13.4. The van der Waals surface area contributed by atoms with E-state index in [0.717, 1.165) is 57.7 Å². The van der Waals surface area contributed by atoms with Gasteiger partial charge in [-0.05, 0) is 68.3 Å². The fourth-order valence-corrected chi connectivity index (χ4v) is 5.04. The number of amides is 1. The molecule has 3 saturated heterocycles. The van der Waals surface area contributed by atoms with Gasteiger partial charge in [0.15, 0.2) is 0 Å². The second-order valence-electron chi connectivity index (χ2n) is 8.26. The highest BCUT2D eigenvalue weighted by Crippen LogP contribution is 2.33. The molecule has 5 heteroatoms. The van der Waals surface area contributed by atoms with E-state index in [-0.39, 0.29) is 5.82 Å². The summed E-state index contributed by atoms with van der Waals surface area (Å²) in [5.41, 5.74) is 1.04. The average Bonchev–Trinajstić information content (AvgIpc) is 2.65. The van der Waals surface area contributed by atoms with Crippen LogP contribution in [0.15, 0.2) is 24.3 Å². The quantitative estimate of drug-likeness (QED) is 0.898. The molecular formula is C21H30FN3O. The van der Waals surface area contributed by atoms with Crippen molar-refractivity contribution in [2.45, 2.75) is 44.7 Å². The van der Waals surface area contributed by atoms with Crippen LogP contribution in [-0.2, 0) is 11.3 Å². The molecule has 0 aliphatic carbocycles. The number of carbonyl (C=O) groups is 1. The molecule has 1 aromatic carbocycles. The van der Waals surface area contributed by atoms with Crippen molar-refractivity contribution in [2.24, 2.45) is 11.8 Å². The molecule has 0 saturated carbocycles. The number of rotatable bonds is 4. The van der Waals surface area contributed by atoms with E-state index in [2.05, 4.69) is 15.1 Å². The van der Waals surface area contributed by atoms with Gasteiger partial charge in [-0.3, -0.25) is 9.69 Å². The molecule has 1 amide bonds. The van der Waals surface area contributed by atoms with E-state index in [1.807, 2.05) is 6.07 Å². The van der Waals surface area contributed by atoms with Crippen LogP contribution in [0.25, 0.3) is 0 Å². The summed E-state index contributed by atoms with van der Waals surface area (Å²) in [6, 6.07) is 7.34. The van der Waals surface area contributed by atoms with Crippen LogP contribution in [0.4, 0.5) is 4.39 Å². The Morgan fingerprint density at radius 2 is 2.00 bits per heavy atom. The van der Waals surface area contributed by atoms with Gasteiger partial charge >= 0.3 is 0 Å². The third kappa shape index (κ3) is 4.09. The number of halogens is 1. The fraction of sp³-hybridized carbons (Fsp3) is 0.667. The number of nitrogens with one attached hydrogen (secondary N) is 1. The topological polar surface area (TPSA) is 35.6 Å². The number of fused-ring (bicyclic) bond motifs is 1. The zero-order valence-electron chi connectivity index (χ0n) is 15.5. The molecule has 0 unspecified atom stereocenters. The third-order valence-corrected chi connectivity index (χ3v) is 6.44. The van der Waals surface area contributed by atoms with Gasteiger partial charge in [0.05, 0.1) is 0 Å². The van der Waals surface area contributed by atoms with Gasteiger partial charge < -0.3 is 10.2 Å². The van der Waals surface area contributed by atoms with Gasteiger partial charge in [-0.1, -0.05) is 12.1 Å². The molecule has 1 N–H and O–H groups in total. The van der Waals surface area contributed by atoms with Gasteiger partial charge in [0, 0.05) is 38.6 Å². The zero-order valence-corrected chi connectivity index (χ0v) is 15.5. The zero-order chi connectivity index (χ0) is 17.9. The minimum absolute atomic E-state index is 0.159. The Labute approximate surface area is 155 Å². The second-order valence-corrected chi connectivity index (χ2v) is 8.26. The van der Waals surface area contributed by atoms with Gasteiger partial charge in [-0.2, -0.15) is 0 Å². The molecule has 3 fully saturated rings. The van der Waals surface area contributed by atoms with Crippen molar-refractivity contribution in [2.75, 3.05) is 32.7 Å². The molecule has 3 aliphatic rings. The molecular weight excluding hydrogens is 329 g/mol. The Hall–Kier alpha value is -1.46. The first-order chi connectivity index (χ1) is 12.7. The van der Waals surface area contributed by atoms with Gasteiger partial charge in [0.2, 0.25) is 5.91 Å². The lowest BCUT2D eigenvalue weighted by atomic mass is 9.82. The monoisotopic (exact) mass is 359 g/mol. The van der Waals surface area contributed by atoms with E-state index in [1.54, 1.807) is 12.1 Å². The van der Waals surface area contributed by atoms with Crippen LogP contribution in [-0.4, -0.2) is 54.5 Å². The SMILES string of the molecule is O=C1CC[C@@H]2CN(Cc3cccc(F)c3)CC[C@@H]2N1CC1CCNCC1. The Morgan fingerprint density at radius 1 is 1.15 bits per heavy atom. The number of carbonyl (C=O) groups excluding carboxylic acids is 1. The first-order valence-electron chi connectivity index (χ1n) is 10.2. The lowest BCUT2D eigenvalue weighted by Crippen LogP contribution is -2.57. The molecule has 2 atom stereocenters. The molecule has 0 spiro atoms. The summed E-state index contributed by atoms with van der Waals surface area (Å²) in [6.07, 6.45) is 5.13. The van der Waals surface area contributed by atoms with E-state index in [4.69, 9.17) is 0 Å². The number of hydrogen-bond donors (Lipinski definition) is 1. The molecule has 0 aromatic heterocycles. The molecule has 3 aliphatic heterocycles. The fourth-order valence-electron chi connectivity index (χ4n) is 5.04. The summed E-state index contributed by atoms with van der Waals surface area (Å²) in [7, 11) is 0. The van der Waals surface area contributed by atoms with Crippen molar-refractivity contribution >= 4 is 5.91 Å². The largest absolute Gasteiger partial charge is 0.339 e. The highest BCUT2D eigenvalue weighted by Gasteiger charge is 2.39. The standard InChI is InChI=1S/C21H30FN3O/c22-19-3-1-2-17(12-19)13-24-11-8-20-18(15-24)4-5-21(26)25(20)14-16-6-9-23-10-7-16/h1-3,12,16,18,20,23H,4-11,13-15H2/t18-,20+/m1/s1. The summed E-state index contributed by atoms with van der Waals surface area (Å²) in [5.74, 6) is 1.43. The molecule has 1 aromatic rings. The van der Waals surface area contributed by atoms with Crippen molar-refractivity contribution in [3.63, 3.8) is 0 Å². The second kappa shape index (κ2) is 8.05. The third-order valence-electron chi connectivity index (χ3n) is 6.44. The molecule has 0 radical (unpaired) electrons. The summed E-state index contributed by atoms with van der Waals surface area (Å²) in [5, 5.41) is 3.42.